The first-order valence-electron chi connectivity index (χ1n) is 8.57. The first-order chi connectivity index (χ1) is 11.3. The molecule has 4 heteroatoms. The molecule has 1 N–H and O–H groups in total. The van der Waals surface area contributed by atoms with Gasteiger partial charge in [-0.3, -0.25) is 4.79 Å². The summed E-state index contributed by atoms with van der Waals surface area (Å²) in [4.78, 5) is 10.1. The Morgan fingerprint density at radius 3 is 2.67 bits per heavy atom. The van der Waals surface area contributed by atoms with Crippen molar-refractivity contribution in [2.45, 2.75) is 47.0 Å². The summed E-state index contributed by atoms with van der Waals surface area (Å²) in [5.41, 5.74) is 2.66. The second-order valence-corrected chi connectivity index (χ2v) is 7.67. The SMILES string of the molecule is C=C(C)C1CCC(C)(C)CC1C.O=CNc1ccc2c(c1)OCO2. The van der Waals surface area contributed by atoms with Crippen LogP contribution < -0.4 is 14.8 Å². The molecular weight excluding hydrogens is 302 g/mol. The average molecular weight is 331 g/mol. The molecule has 1 saturated carbocycles. The summed E-state index contributed by atoms with van der Waals surface area (Å²) in [6.45, 7) is 13.7. The summed E-state index contributed by atoms with van der Waals surface area (Å²) >= 11 is 0. The first kappa shape index (κ1) is 18.4. The molecule has 0 saturated heterocycles. The predicted molar refractivity (Wildman–Crippen MR) is 97.4 cm³/mol. The fourth-order valence-electron chi connectivity index (χ4n) is 3.73. The number of carbonyl (C=O) groups excluding carboxylic acids is 1. The van der Waals surface area contributed by atoms with Gasteiger partial charge in [0.1, 0.15) is 0 Å². The number of fused-ring (bicyclic) bond motifs is 1. The Balaban J connectivity index is 0.000000174. The van der Waals surface area contributed by atoms with Crippen LogP contribution in [0.25, 0.3) is 0 Å². The lowest BCUT2D eigenvalue weighted by Crippen LogP contribution is -2.28. The maximum Gasteiger partial charge on any atom is 0.231 e. The van der Waals surface area contributed by atoms with Gasteiger partial charge in [0.05, 0.1) is 0 Å². The van der Waals surface area contributed by atoms with E-state index in [2.05, 4.69) is 39.6 Å². The summed E-state index contributed by atoms with van der Waals surface area (Å²) in [5, 5.41) is 2.52. The molecule has 1 aromatic rings. The zero-order valence-corrected chi connectivity index (χ0v) is 15.2. The van der Waals surface area contributed by atoms with Crippen LogP contribution in [0.1, 0.15) is 47.0 Å². The van der Waals surface area contributed by atoms with Crippen molar-refractivity contribution in [3.05, 3.63) is 30.4 Å². The predicted octanol–water partition coefficient (Wildman–Crippen LogP) is 5.01. The van der Waals surface area contributed by atoms with Gasteiger partial charge in [-0.15, -0.1) is 0 Å². The van der Waals surface area contributed by atoms with Crippen molar-refractivity contribution in [2.24, 2.45) is 17.3 Å². The monoisotopic (exact) mass is 331 g/mol. The highest BCUT2D eigenvalue weighted by Crippen LogP contribution is 2.43. The Labute approximate surface area is 145 Å². The van der Waals surface area contributed by atoms with Gasteiger partial charge < -0.3 is 14.8 Å². The molecule has 1 heterocycles. The molecule has 24 heavy (non-hydrogen) atoms. The lowest BCUT2D eigenvalue weighted by Gasteiger charge is -2.39. The molecule has 1 amide bonds. The van der Waals surface area contributed by atoms with Gasteiger partial charge in [0.2, 0.25) is 13.2 Å². The highest BCUT2D eigenvalue weighted by Gasteiger charge is 2.32. The number of anilines is 1. The molecule has 0 spiro atoms. The van der Waals surface area contributed by atoms with Crippen LogP contribution in [0.2, 0.25) is 0 Å². The van der Waals surface area contributed by atoms with Crippen LogP contribution in [0.5, 0.6) is 11.5 Å². The summed E-state index contributed by atoms with van der Waals surface area (Å²) in [5.74, 6) is 3.01. The number of benzene rings is 1. The van der Waals surface area contributed by atoms with Gasteiger partial charge in [-0.2, -0.15) is 0 Å². The highest BCUT2D eigenvalue weighted by atomic mass is 16.7. The van der Waals surface area contributed by atoms with Crippen molar-refractivity contribution in [1.82, 2.24) is 0 Å². The molecule has 4 nitrogen and oxygen atoms in total. The molecule has 1 aromatic carbocycles. The maximum atomic E-state index is 10.1. The molecule has 1 aliphatic carbocycles. The Bertz CT molecular complexity index is 595. The van der Waals surface area contributed by atoms with Crippen LogP contribution in [0.3, 0.4) is 0 Å². The Kier molecular flexibility index (Phi) is 5.92. The number of ether oxygens (including phenoxy) is 2. The third-order valence-corrected chi connectivity index (χ3v) is 4.92. The van der Waals surface area contributed by atoms with E-state index in [0.717, 1.165) is 11.8 Å². The fraction of sp³-hybridized carbons (Fsp3) is 0.550. The normalized spacial score (nSPS) is 23.7. The standard InChI is InChI=1S/C12H22.C8H7NO3/c1-9(2)11-6-7-12(4,5)8-10(11)3;10-4-9-6-1-2-7-8(3-6)12-5-11-7/h10-11H,1,6-8H2,2-5H3;1-4H,5H2,(H,9,10). The second-order valence-electron chi connectivity index (χ2n) is 7.67. The molecule has 2 unspecified atom stereocenters. The number of nitrogens with one attached hydrogen (secondary N) is 1. The molecular formula is C20H29NO3. The molecule has 1 fully saturated rings. The second kappa shape index (κ2) is 7.73. The third-order valence-electron chi connectivity index (χ3n) is 4.92. The Hall–Kier alpha value is -1.97. The number of rotatable bonds is 3. The summed E-state index contributed by atoms with van der Waals surface area (Å²) in [6.07, 6.45) is 4.71. The van der Waals surface area contributed by atoms with Crippen molar-refractivity contribution in [3.8, 4) is 11.5 Å². The molecule has 0 bridgehead atoms. The van der Waals surface area contributed by atoms with Crippen LogP contribution in [0.15, 0.2) is 30.4 Å². The van der Waals surface area contributed by atoms with Crippen LogP contribution >= 0.6 is 0 Å². The average Bonchev–Trinajstić information content (AvgIpc) is 2.94. The highest BCUT2D eigenvalue weighted by molar-refractivity contribution is 5.72. The number of amides is 1. The van der Waals surface area contributed by atoms with Crippen LogP contribution in [0, 0.1) is 17.3 Å². The van der Waals surface area contributed by atoms with Crippen LogP contribution in [0.4, 0.5) is 5.69 Å². The molecule has 132 valence electrons. The van der Waals surface area contributed by atoms with Gasteiger partial charge in [-0.05, 0) is 55.6 Å². The molecule has 0 radical (unpaired) electrons. The third kappa shape index (κ3) is 4.76. The quantitative estimate of drug-likeness (QED) is 0.625. The van der Waals surface area contributed by atoms with Gasteiger partial charge >= 0.3 is 0 Å². The van der Waals surface area contributed by atoms with Crippen molar-refractivity contribution in [2.75, 3.05) is 12.1 Å². The van der Waals surface area contributed by atoms with E-state index in [0.29, 0.717) is 29.0 Å². The molecule has 3 rings (SSSR count). The first-order valence-corrected chi connectivity index (χ1v) is 8.57. The number of allylic oxidation sites excluding steroid dienone is 1. The van der Waals surface area contributed by atoms with E-state index in [1.807, 2.05) is 0 Å². The summed E-state index contributed by atoms with van der Waals surface area (Å²) in [6, 6.07) is 5.23. The topological polar surface area (TPSA) is 47.6 Å². The zero-order valence-electron chi connectivity index (χ0n) is 15.2. The summed E-state index contributed by atoms with van der Waals surface area (Å²) in [7, 11) is 0. The Morgan fingerprint density at radius 1 is 1.33 bits per heavy atom. The van der Waals surface area contributed by atoms with Crippen molar-refractivity contribution >= 4 is 12.1 Å². The Morgan fingerprint density at radius 2 is 2.04 bits per heavy atom. The van der Waals surface area contributed by atoms with Crippen molar-refractivity contribution in [3.63, 3.8) is 0 Å². The lowest BCUT2D eigenvalue weighted by atomic mass is 9.66. The smallest absolute Gasteiger partial charge is 0.231 e. The van der Waals surface area contributed by atoms with E-state index < -0.39 is 0 Å². The van der Waals surface area contributed by atoms with E-state index in [9.17, 15) is 4.79 Å². The fourth-order valence-corrected chi connectivity index (χ4v) is 3.73. The van der Waals surface area contributed by atoms with Gasteiger partial charge in [-0.25, -0.2) is 0 Å². The molecule has 2 atom stereocenters. The van der Waals surface area contributed by atoms with Gasteiger partial charge in [0.25, 0.3) is 0 Å². The van der Waals surface area contributed by atoms with E-state index in [1.165, 1.54) is 24.8 Å². The van der Waals surface area contributed by atoms with Crippen LogP contribution in [-0.2, 0) is 4.79 Å². The number of hydrogen-bond acceptors (Lipinski definition) is 3. The van der Waals surface area contributed by atoms with E-state index in [4.69, 9.17) is 9.47 Å². The van der Waals surface area contributed by atoms with E-state index in [1.54, 1.807) is 18.2 Å². The van der Waals surface area contributed by atoms with Crippen LogP contribution in [-0.4, -0.2) is 13.2 Å². The van der Waals surface area contributed by atoms with E-state index >= 15 is 0 Å². The number of hydrogen-bond donors (Lipinski definition) is 1. The van der Waals surface area contributed by atoms with E-state index in [-0.39, 0.29) is 6.79 Å². The van der Waals surface area contributed by atoms with Gasteiger partial charge in [-0.1, -0.05) is 32.9 Å². The molecule has 0 aromatic heterocycles. The maximum absolute atomic E-state index is 10.1. The molecule has 2 aliphatic rings. The zero-order chi connectivity index (χ0) is 17.7. The minimum Gasteiger partial charge on any atom is -0.454 e. The van der Waals surface area contributed by atoms with Crippen molar-refractivity contribution in [1.29, 1.82) is 0 Å². The lowest BCUT2D eigenvalue weighted by molar-refractivity contribution is -0.105. The largest absolute Gasteiger partial charge is 0.454 e. The minimum absolute atomic E-state index is 0.250. The summed E-state index contributed by atoms with van der Waals surface area (Å²) < 4.78 is 10.2. The van der Waals surface area contributed by atoms with Gasteiger partial charge in [0, 0.05) is 11.8 Å². The van der Waals surface area contributed by atoms with Gasteiger partial charge in [0.15, 0.2) is 11.5 Å². The molecule has 1 aliphatic heterocycles. The number of carbonyl (C=O) groups is 1. The minimum atomic E-state index is 0.250. The van der Waals surface area contributed by atoms with Crippen molar-refractivity contribution < 1.29 is 14.3 Å².